The summed E-state index contributed by atoms with van der Waals surface area (Å²) in [5, 5.41) is 7.57. The average Bonchev–Trinajstić information content (AvgIpc) is 3.41. The van der Waals surface area contributed by atoms with Crippen LogP contribution in [0.2, 0.25) is 0 Å². The fourth-order valence-electron chi connectivity index (χ4n) is 5.94. The number of fused-ring (bicyclic) bond motifs is 3. The van der Waals surface area contributed by atoms with Gasteiger partial charge in [-0.3, -0.25) is 9.67 Å². The molecule has 35 heavy (non-hydrogen) atoms. The van der Waals surface area contributed by atoms with E-state index in [9.17, 15) is 0 Å². The first-order valence-corrected chi connectivity index (χ1v) is 13.8. The molecule has 1 saturated heterocycles. The van der Waals surface area contributed by atoms with E-state index in [1.54, 1.807) is 0 Å². The molecule has 0 amide bonds. The monoisotopic (exact) mass is 484 g/mol. The van der Waals surface area contributed by atoms with Gasteiger partial charge in [-0.15, -0.1) is 0 Å². The lowest BCUT2D eigenvalue weighted by Gasteiger charge is -2.33. The Morgan fingerprint density at radius 3 is 2.63 bits per heavy atom. The molecule has 180 valence electrons. The quantitative estimate of drug-likeness (QED) is 0.420. The first-order valence-electron chi connectivity index (χ1n) is 12.5. The van der Waals surface area contributed by atoms with Gasteiger partial charge in [-0.1, -0.05) is 36.4 Å². The summed E-state index contributed by atoms with van der Waals surface area (Å²) in [6.07, 6.45) is 14.2. The van der Waals surface area contributed by atoms with Gasteiger partial charge >= 0.3 is 0 Å². The van der Waals surface area contributed by atoms with Crippen molar-refractivity contribution in [3.63, 3.8) is 0 Å². The van der Waals surface area contributed by atoms with Crippen molar-refractivity contribution in [1.82, 2.24) is 19.3 Å². The lowest BCUT2D eigenvalue weighted by molar-refractivity contribution is 0.0545. The molecule has 0 saturated carbocycles. The van der Waals surface area contributed by atoms with Gasteiger partial charge in [-0.2, -0.15) is 16.9 Å². The normalized spacial score (nSPS) is 19.2. The maximum absolute atomic E-state index is 5.78. The summed E-state index contributed by atoms with van der Waals surface area (Å²) < 4.78 is 10.4. The number of hydrogen-bond donors (Lipinski definition) is 0. The van der Waals surface area contributed by atoms with Crippen molar-refractivity contribution < 1.29 is 4.74 Å². The van der Waals surface area contributed by atoms with Crippen molar-refractivity contribution in [2.24, 2.45) is 13.0 Å². The molecule has 3 aromatic heterocycles. The number of aromatic nitrogens is 4. The third-order valence-electron chi connectivity index (χ3n) is 7.65. The van der Waals surface area contributed by atoms with Gasteiger partial charge in [0.2, 0.25) is 0 Å². The van der Waals surface area contributed by atoms with E-state index in [1.807, 2.05) is 35.9 Å². The molecule has 2 atom stereocenters. The van der Waals surface area contributed by atoms with E-state index in [4.69, 9.17) is 9.72 Å². The maximum atomic E-state index is 5.78. The minimum absolute atomic E-state index is 0.237. The molecule has 0 N–H and O–H groups in total. The van der Waals surface area contributed by atoms with Gasteiger partial charge in [0, 0.05) is 47.8 Å². The van der Waals surface area contributed by atoms with E-state index in [0.29, 0.717) is 11.2 Å². The first-order chi connectivity index (χ1) is 17.2. The molecule has 1 unspecified atom stereocenters. The Kier molecular flexibility index (Phi) is 6.02. The van der Waals surface area contributed by atoms with Crippen LogP contribution in [0.1, 0.15) is 36.4 Å². The van der Waals surface area contributed by atoms with E-state index in [2.05, 4.69) is 71.4 Å². The molecule has 1 fully saturated rings. The summed E-state index contributed by atoms with van der Waals surface area (Å²) in [7, 11) is 2.01. The van der Waals surface area contributed by atoms with Crippen LogP contribution in [-0.4, -0.2) is 44.1 Å². The number of nitrogens with zero attached hydrogens (tertiary/aromatic N) is 4. The van der Waals surface area contributed by atoms with Crippen LogP contribution in [0.25, 0.3) is 34.4 Å². The van der Waals surface area contributed by atoms with Gasteiger partial charge in [0.05, 0.1) is 29.0 Å². The highest BCUT2D eigenvalue weighted by Crippen LogP contribution is 2.35. The van der Waals surface area contributed by atoms with Gasteiger partial charge in [0.25, 0.3) is 0 Å². The number of pyridine rings is 1. The minimum Gasteiger partial charge on any atom is -0.381 e. The highest BCUT2D eigenvalue weighted by atomic mass is 32.2. The van der Waals surface area contributed by atoms with Crippen LogP contribution in [0.5, 0.6) is 0 Å². The Hall–Kier alpha value is -2.83. The fraction of sp³-hybridized carbons (Fsp3) is 0.379. The predicted octanol–water partition coefficient (Wildman–Crippen LogP) is 4.46. The van der Waals surface area contributed by atoms with Crippen LogP contribution in [-0.2, 0) is 11.8 Å². The smallest absolute Gasteiger partial charge is 0.0957 e. The number of aryl methyl sites for hydroxylation is 2. The zero-order valence-electron chi connectivity index (χ0n) is 20.6. The Morgan fingerprint density at radius 1 is 1.11 bits per heavy atom. The van der Waals surface area contributed by atoms with Crippen molar-refractivity contribution in [1.29, 1.82) is 0 Å². The molecule has 4 aromatic rings. The number of ether oxygens (including phenoxy) is 1. The van der Waals surface area contributed by atoms with Crippen molar-refractivity contribution >= 4 is 34.9 Å². The lowest BCUT2D eigenvalue weighted by atomic mass is 9.86. The Morgan fingerprint density at radius 2 is 1.91 bits per heavy atom. The third kappa shape index (κ3) is 3.93. The van der Waals surface area contributed by atoms with Gasteiger partial charge in [0.15, 0.2) is 0 Å². The molecule has 2 aliphatic rings. The summed E-state index contributed by atoms with van der Waals surface area (Å²) in [5.74, 6) is 0.510. The molecular formula is C29H32N4OS. The second-order valence-corrected chi connectivity index (χ2v) is 10.8. The summed E-state index contributed by atoms with van der Waals surface area (Å²) in [6, 6.07) is 13.6. The summed E-state index contributed by atoms with van der Waals surface area (Å²) in [6.45, 7) is 3.78. The molecule has 0 spiro atoms. The third-order valence-corrected chi connectivity index (χ3v) is 8.58. The summed E-state index contributed by atoms with van der Waals surface area (Å²) >= 11 is 1.92. The predicted molar refractivity (Wildman–Crippen MR) is 145 cm³/mol. The Bertz CT molecular complexity index is 1460. The average molecular weight is 485 g/mol. The molecule has 1 aromatic carbocycles. The van der Waals surface area contributed by atoms with Crippen molar-refractivity contribution in [3.05, 3.63) is 70.5 Å². The minimum atomic E-state index is 0.237. The number of thioether (sulfide) groups is 1. The summed E-state index contributed by atoms with van der Waals surface area (Å²) in [4.78, 5) is 5.08. The van der Waals surface area contributed by atoms with Gasteiger partial charge in [0.1, 0.15) is 0 Å². The lowest BCUT2D eigenvalue weighted by Crippen LogP contribution is -2.39. The maximum Gasteiger partial charge on any atom is 0.0957 e. The zero-order valence-corrected chi connectivity index (χ0v) is 21.5. The molecule has 6 heteroatoms. The van der Waals surface area contributed by atoms with Crippen LogP contribution in [0, 0.1) is 12.8 Å². The second kappa shape index (κ2) is 9.32. The van der Waals surface area contributed by atoms with Crippen molar-refractivity contribution in [3.8, 4) is 11.3 Å². The topological polar surface area (TPSA) is 44.9 Å². The molecule has 1 aliphatic heterocycles. The molecule has 5 nitrogen and oxygen atoms in total. The van der Waals surface area contributed by atoms with E-state index < -0.39 is 0 Å². The number of rotatable bonds is 5. The molecule has 0 radical (unpaired) electrons. The highest BCUT2D eigenvalue weighted by molar-refractivity contribution is 7.99. The molecule has 6 rings (SSSR count). The molecular weight excluding hydrogens is 452 g/mol. The largest absolute Gasteiger partial charge is 0.381 e. The molecule has 1 aliphatic carbocycles. The van der Waals surface area contributed by atoms with Crippen LogP contribution >= 0.6 is 11.8 Å². The standard InChI is InChI=1S/C29H32N4OS/c1-19-17-31-32(2)28(19)22-15-26-27(30-18-22)24-10-9-23(35-3)16-25(24)33(26)29(20-7-5-4-6-8-20)21-11-13-34-14-12-21/h4-8,10,15-18,21,23,29H,9,11-14H2,1-3H3/t23?,29-/m1/s1. The van der Waals surface area contributed by atoms with Gasteiger partial charge in [-0.05, 0) is 61.6 Å². The first kappa shape index (κ1) is 22.6. The van der Waals surface area contributed by atoms with Crippen LogP contribution in [0.15, 0.2) is 48.8 Å². The zero-order chi connectivity index (χ0) is 23.9. The number of benzene rings is 1. The van der Waals surface area contributed by atoms with Crippen molar-refractivity contribution in [2.45, 2.75) is 37.5 Å². The second-order valence-electron chi connectivity index (χ2n) is 9.75. The van der Waals surface area contributed by atoms with Crippen LogP contribution in [0.4, 0.5) is 0 Å². The molecule has 4 heterocycles. The van der Waals surface area contributed by atoms with Gasteiger partial charge in [-0.25, -0.2) is 0 Å². The van der Waals surface area contributed by atoms with E-state index in [1.165, 1.54) is 27.2 Å². The summed E-state index contributed by atoms with van der Waals surface area (Å²) in [5.41, 5.74) is 7.09. The molecule has 0 bridgehead atoms. The highest BCUT2D eigenvalue weighted by Gasteiger charge is 2.30. The Balaban J connectivity index is 1.67. The fourth-order valence-corrected chi connectivity index (χ4v) is 6.50. The SMILES string of the molecule is CSC1C=c2c(c3ncc(-c4c(C)cnn4C)cc3n2[C@H](c2ccccc2)C2CCOCC2)=CC1. The van der Waals surface area contributed by atoms with Gasteiger partial charge < -0.3 is 9.30 Å². The Labute approximate surface area is 210 Å². The van der Waals surface area contributed by atoms with Crippen LogP contribution in [0.3, 0.4) is 0 Å². The van der Waals surface area contributed by atoms with E-state index in [-0.39, 0.29) is 6.04 Å². The number of hydrogen-bond acceptors (Lipinski definition) is 4. The van der Waals surface area contributed by atoms with E-state index in [0.717, 1.165) is 49.3 Å². The van der Waals surface area contributed by atoms with Crippen LogP contribution < -0.4 is 10.6 Å². The van der Waals surface area contributed by atoms with E-state index >= 15 is 0 Å². The van der Waals surface area contributed by atoms with Crippen molar-refractivity contribution in [2.75, 3.05) is 19.5 Å².